The standard InChI is InChI=1S/C30H37N3O5S/c1-4-32-39(36,37)28-17-12-25(13-18-28)14-19-29(34)33(22-26-10-15-27(38-3)16-11-26)23(2)30(35)31-21-20-24-8-6-5-7-9-24/h5-13,15-18,23,32H,4,14,19-22H2,1-3H3,(H,31,35). The van der Waals surface area contributed by atoms with Crippen LogP contribution in [0.2, 0.25) is 0 Å². The first-order chi connectivity index (χ1) is 18.7. The predicted molar refractivity (Wildman–Crippen MR) is 152 cm³/mol. The van der Waals surface area contributed by atoms with Crippen molar-refractivity contribution in [1.82, 2.24) is 14.9 Å². The Morgan fingerprint density at radius 1 is 0.872 bits per heavy atom. The molecule has 0 aliphatic carbocycles. The second-order valence-electron chi connectivity index (χ2n) is 9.22. The summed E-state index contributed by atoms with van der Waals surface area (Å²) in [5, 5.41) is 2.96. The summed E-state index contributed by atoms with van der Waals surface area (Å²) in [6.45, 7) is 4.51. The predicted octanol–water partition coefficient (Wildman–Crippen LogP) is 3.70. The van der Waals surface area contributed by atoms with Gasteiger partial charge in [-0.15, -0.1) is 0 Å². The lowest BCUT2D eigenvalue weighted by Crippen LogP contribution is -2.48. The first kappa shape index (κ1) is 29.9. The molecule has 0 fully saturated rings. The number of benzene rings is 3. The van der Waals surface area contributed by atoms with Crippen LogP contribution in [0.3, 0.4) is 0 Å². The molecule has 3 aromatic carbocycles. The number of ether oxygens (including phenoxy) is 1. The van der Waals surface area contributed by atoms with E-state index in [1.54, 1.807) is 38.0 Å². The highest BCUT2D eigenvalue weighted by atomic mass is 32.2. The van der Waals surface area contributed by atoms with E-state index in [4.69, 9.17) is 4.74 Å². The summed E-state index contributed by atoms with van der Waals surface area (Å²) < 4.78 is 32.1. The molecule has 0 aliphatic heterocycles. The van der Waals surface area contributed by atoms with Crippen molar-refractivity contribution in [2.24, 2.45) is 0 Å². The number of rotatable bonds is 14. The summed E-state index contributed by atoms with van der Waals surface area (Å²) in [6, 6.07) is 23.1. The fourth-order valence-electron chi connectivity index (χ4n) is 4.14. The summed E-state index contributed by atoms with van der Waals surface area (Å²) in [4.78, 5) is 28.2. The van der Waals surface area contributed by atoms with Gasteiger partial charge in [-0.2, -0.15) is 0 Å². The maximum absolute atomic E-state index is 13.4. The molecule has 8 nitrogen and oxygen atoms in total. The molecule has 2 N–H and O–H groups in total. The number of carbonyl (C=O) groups is 2. The van der Waals surface area contributed by atoms with Gasteiger partial charge in [0.25, 0.3) is 0 Å². The lowest BCUT2D eigenvalue weighted by molar-refractivity contribution is -0.140. The maximum atomic E-state index is 13.4. The number of amides is 2. The third-order valence-electron chi connectivity index (χ3n) is 6.43. The van der Waals surface area contributed by atoms with Gasteiger partial charge in [0.2, 0.25) is 21.8 Å². The van der Waals surface area contributed by atoms with Crippen LogP contribution < -0.4 is 14.8 Å². The fraction of sp³-hybridized carbons (Fsp3) is 0.333. The van der Waals surface area contributed by atoms with Crippen LogP contribution in [0, 0.1) is 0 Å². The molecule has 0 radical (unpaired) electrons. The van der Waals surface area contributed by atoms with Gasteiger partial charge in [-0.25, -0.2) is 13.1 Å². The fourth-order valence-corrected chi connectivity index (χ4v) is 5.18. The first-order valence-corrected chi connectivity index (χ1v) is 14.5. The van der Waals surface area contributed by atoms with Gasteiger partial charge in [0, 0.05) is 26.1 Å². The second-order valence-corrected chi connectivity index (χ2v) is 11.0. The Kier molecular flexibility index (Phi) is 11.1. The Morgan fingerprint density at radius 3 is 2.10 bits per heavy atom. The topological polar surface area (TPSA) is 105 Å². The third kappa shape index (κ3) is 8.94. The Bertz CT molecular complexity index is 1310. The van der Waals surface area contributed by atoms with Crippen molar-refractivity contribution in [3.63, 3.8) is 0 Å². The molecule has 1 unspecified atom stereocenters. The van der Waals surface area contributed by atoms with Gasteiger partial charge < -0.3 is 15.0 Å². The zero-order chi connectivity index (χ0) is 28.3. The Morgan fingerprint density at radius 2 is 1.49 bits per heavy atom. The van der Waals surface area contributed by atoms with Crippen LogP contribution in [-0.4, -0.2) is 51.4 Å². The Labute approximate surface area is 231 Å². The van der Waals surface area contributed by atoms with Crippen LogP contribution in [0.25, 0.3) is 0 Å². The minimum atomic E-state index is -3.54. The van der Waals surface area contributed by atoms with Crippen molar-refractivity contribution >= 4 is 21.8 Å². The van der Waals surface area contributed by atoms with E-state index in [-0.39, 0.29) is 29.7 Å². The van der Waals surface area contributed by atoms with Crippen molar-refractivity contribution in [3.8, 4) is 5.75 Å². The van der Waals surface area contributed by atoms with Gasteiger partial charge in [0.05, 0.1) is 12.0 Å². The van der Waals surface area contributed by atoms with Crippen LogP contribution >= 0.6 is 0 Å². The summed E-state index contributed by atoms with van der Waals surface area (Å²) in [5.41, 5.74) is 2.84. The highest BCUT2D eigenvalue weighted by molar-refractivity contribution is 7.89. The van der Waals surface area contributed by atoms with Crippen molar-refractivity contribution < 1.29 is 22.7 Å². The van der Waals surface area contributed by atoms with Gasteiger partial charge in [0.1, 0.15) is 11.8 Å². The maximum Gasteiger partial charge on any atom is 0.242 e. The zero-order valence-corrected chi connectivity index (χ0v) is 23.5. The Balaban J connectivity index is 1.67. The lowest BCUT2D eigenvalue weighted by Gasteiger charge is -2.29. The largest absolute Gasteiger partial charge is 0.497 e. The average Bonchev–Trinajstić information content (AvgIpc) is 2.95. The highest BCUT2D eigenvalue weighted by Crippen LogP contribution is 2.17. The van der Waals surface area contributed by atoms with Gasteiger partial charge in [-0.1, -0.05) is 61.5 Å². The number of sulfonamides is 1. The number of carbonyl (C=O) groups excluding carboxylic acids is 2. The van der Waals surface area contributed by atoms with Crippen molar-refractivity contribution in [3.05, 3.63) is 95.6 Å². The van der Waals surface area contributed by atoms with Crippen molar-refractivity contribution in [2.45, 2.75) is 50.6 Å². The minimum absolute atomic E-state index is 0.166. The third-order valence-corrected chi connectivity index (χ3v) is 7.99. The van der Waals surface area contributed by atoms with E-state index in [9.17, 15) is 18.0 Å². The molecule has 0 saturated carbocycles. The van der Waals surface area contributed by atoms with Crippen molar-refractivity contribution in [2.75, 3.05) is 20.2 Å². The molecular weight excluding hydrogens is 514 g/mol. The molecule has 0 bridgehead atoms. The Hall–Kier alpha value is -3.69. The summed E-state index contributed by atoms with van der Waals surface area (Å²) in [5.74, 6) is 0.328. The highest BCUT2D eigenvalue weighted by Gasteiger charge is 2.26. The first-order valence-electron chi connectivity index (χ1n) is 13.1. The van der Waals surface area contributed by atoms with E-state index in [1.165, 1.54) is 12.1 Å². The van der Waals surface area contributed by atoms with Gasteiger partial charge in [-0.05, 0) is 60.7 Å². The minimum Gasteiger partial charge on any atom is -0.497 e. The molecule has 1 atom stereocenters. The van der Waals surface area contributed by atoms with Crippen LogP contribution in [0.5, 0.6) is 5.75 Å². The molecule has 2 amide bonds. The van der Waals surface area contributed by atoms with E-state index in [1.807, 2.05) is 54.6 Å². The molecule has 0 aromatic heterocycles. The summed E-state index contributed by atoms with van der Waals surface area (Å²) in [6.07, 6.45) is 1.30. The quantitative estimate of drug-likeness (QED) is 0.318. The molecule has 3 aromatic rings. The van der Waals surface area contributed by atoms with E-state index in [2.05, 4.69) is 10.0 Å². The number of hydrogen-bond acceptors (Lipinski definition) is 5. The molecular formula is C30H37N3O5S. The number of methoxy groups -OCH3 is 1. The molecule has 3 rings (SSSR count). The number of aryl methyl sites for hydroxylation is 1. The molecule has 0 spiro atoms. The van der Waals surface area contributed by atoms with Crippen molar-refractivity contribution in [1.29, 1.82) is 0 Å². The summed E-state index contributed by atoms with van der Waals surface area (Å²) >= 11 is 0. The average molecular weight is 552 g/mol. The zero-order valence-electron chi connectivity index (χ0n) is 22.7. The molecule has 39 heavy (non-hydrogen) atoms. The number of nitrogens with zero attached hydrogens (tertiary/aromatic N) is 1. The van der Waals surface area contributed by atoms with Crippen LogP contribution in [0.15, 0.2) is 83.8 Å². The summed E-state index contributed by atoms with van der Waals surface area (Å²) in [7, 11) is -1.94. The van der Waals surface area contributed by atoms with Crippen LogP contribution in [0.1, 0.15) is 37.0 Å². The normalized spacial score (nSPS) is 12.0. The van der Waals surface area contributed by atoms with Gasteiger partial charge >= 0.3 is 0 Å². The van der Waals surface area contributed by atoms with E-state index >= 15 is 0 Å². The van der Waals surface area contributed by atoms with Crippen LogP contribution in [-0.2, 0) is 39.0 Å². The molecule has 9 heteroatoms. The molecule has 0 saturated heterocycles. The van der Waals surface area contributed by atoms with Gasteiger partial charge in [-0.3, -0.25) is 9.59 Å². The molecule has 0 heterocycles. The number of hydrogen-bond donors (Lipinski definition) is 2. The lowest BCUT2D eigenvalue weighted by atomic mass is 10.1. The van der Waals surface area contributed by atoms with Gasteiger partial charge in [0.15, 0.2) is 0 Å². The van der Waals surface area contributed by atoms with E-state index in [0.717, 1.165) is 16.7 Å². The second kappa shape index (κ2) is 14.5. The molecule has 208 valence electrons. The van der Waals surface area contributed by atoms with E-state index < -0.39 is 16.1 Å². The monoisotopic (exact) mass is 551 g/mol. The SMILES string of the molecule is CCNS(=O)(=O)c1ccc(CCC(=O)N(Cc2ccc(OC)cc2)C(C)C(=O)NCCc2ccccc2)cc1. The van der Waals surface area contributed by atoms with Crippen LogP contribution in [0.4, 0.5) is 0 Å². The molecule has 0 aliphatic rings. The smallest absolute Gasteiger partial charge is 0.242 e. The van der Waals surface area contributed by atoms with E-state index in [0.29, 0.717) is 31.7 Å². The number of nitrogens with one attached hydrogen (secondary N) is 2.